The van der Waals surface area contributed by atoms with Gasteiger partial charge in [0.2, 0.25) is 0 Å². The molecule has 0 spiro atoms. The van der Waals surface area contributed by atoms with E-state index >= 15 is 0 Å². The van der Waals surface area contributed by atoms with E-state index in [-0.39, 0.29) is 6.10 Å². The first-order valence-corrected chi connectivity index (χ1v) is 7.97. The van der Waals surface area contributed by atoms with Gasteiger partial charge in [-0.3, -0.25) is 4.90 Å². The lowest BCUT2D eigenvalue weighted by Gasteiger charge is -2.31. The fourth-order valence-corrected chi connectivity index (χ4v) is 3.09. The number of nitrogens with zero attached hydrogens (tertiary/aromatic N) is 4. The number of benzene rings is 1. The summed E-state index contributed by atoms with van der Waals surface area (Å²) < 4.78 is 19.0. The summed E-state index contributed by atoms with van der Waals surface area (Å²) in [6.07, 6.45) is 1.64. The van der Waals surface area contributed by atoms with E-state index in [2.05, 4.69) is 21.2 Å². The van der Waals surface area contributed by atoms with Gasteiger partial charge < -0.3 is 18.5 Å². The number of aromatic nitrogens is 3. The molecule has 24 heavy (non-hydrogen) atoms. The van der Waals surface area contributed by atoms with Gasteiger partial charge in [-0.25, -0.2) is 0 Å². The molecule has 3 heterocycles. The molecule has 1 fully saturated rings. The van der Waals surface area contributed by atoms with Gasteiger partial charge >= 0.3 is 0 Å². The third-order valence-electron chi connectivity index (χ3n) is 4.34. The second kappa shape index (κ2) is 6.26. The van der Waals surface area contributed by atoms with Gasteiger partial charge in [0.05, 0.1) is 20.3 Å². The first-order valence-electron chi connectivity index (χ1n) is 7.97. The molecule has 0 saturated carbocycles. The molecule has 0 radical (unpaired) electrons. The molecule has 7 nitrogen and oxygen atoms in total. The van der Waals surface area contributed by atoms with E-state index in [1.54, 1.807) is 13.4 Å². The van der Waals surface area contributed by atoms with Crippen molar-refractivity contribution >= 4 is 11.0 Å². The van der Waals surface area contributed by atoms with Crippen LogP contribution in [0.5, 0.6) is 5.75 Å². The number of methoxy groups -OCH3 is 1. The van der Waals surface area contributed by atoms with Crippen LogP contribution in [0.4, 0.5) is 0 Å². The molecule has 0 amide bonds. The monoisotopic (exact) mass is 328 g/mol. The maximum Gasteiger partial charge on any atom is 0.163 e. The predicted octanol–water partition coefficient (Wildman–Crippen LogP) is 2.14. The number of hydrogen-bond donors (Lipinski definition) is 0. The lowest BCUT2D eigenvalue weighted by atomic mass is 10.2. The van der Waals surface area contributed by atoms with Gasteiger partial charge in [0.1, 0.15) is 29.5 Å². The minimum atomic E-state index is -0.0595. The molecular formula is C17H20N4O3. The Morgan fingerprint density at radius 1 is 1.33 bits per heavy atom. The second-order valence-corrected chi connectivity index (χ2v) is 6.01. The highest BCUT2D eigenvalue weighted by molar-refractivity contribution is 5.79. The third kappa shape index (κ3) is 2.88. The fourth-order valence-electron chi connectivity index (χ4n) is 3.09. The molecule has 1 aliphatic rings. The lowest BCUT2D eigenvalue weighted by molar-refractivity contribution is -0.0401. The van der Waals surface area contributed by atoms with Crippen molar-refractivity contribution in [2.24, 2.45) is 7.05 Å². The van der Waals surface area contributed by atoms with Crippen molar-refractivity contribution in [3.8, 4) is 5.75 Å². The SMILES string of the molecule is COc1ccc2oc(CN3CCOC(c4nncn4C)C3)cc2c1. The zero-order chi connectivity index (χ0) is 16.5. The Morgan fingerprint density at radius 2 is 2.25 bits per heavy atom. The van der Waals surface area contributed by atoms with Crippen LogP contribution < -0.4 is 4.74 Å². The molecule has 1 atom stereocenters. The predicted molar refractivity (Wildman–Crippen MR) is 87.7 cm³/mol. The normalized spacial score (nSPS) is 19.0. The van der Waals surface area contributed by atoms with Crippen molar-refractivity contribution in [3.63, 3.8) is 0 Å². The molecule has 1 aliphatic heterocycles. The number of rotatable bonds is 4. The van der Waals surface area contributed by atoms with Crippen molar-refractivity contribution in [2.75, 3.05) is 26.8 Å². The summed E-state index contributed by atoms with van der Waals surface area (Å²) in [7, 11) is 3.60. The van der Waals surface area contributed by atoms with E-state index in [0.717, 1.165) is 47.9 Å². The molecular weight excluding hydrogens is 308 g/mol. The summed E-state index contributed by atoms with van der Waals surface area (Å²) in [4.78, 5) is 2.32. The van der Waals surface area contributed by atoms with Crippen molar-refractivity contribution in [1.82, 2.24) is 19.7 Å². The van der Waals surface area contributed by atoms with Gasteiger partial charge in [0.15, 0.2) is 5.82 Å². The summed E-state index contributed by atoms with van der Waals surface area (Å²) in [5.74, 6) is 2.63. The van der Waals surface area contributed by atoms with Gasteiger partial charge in [-0.2, -0.15) is 0 Å². The molecule has 7 heteroatoms. The lowest BCUT2D eigenvalue weighted by Crippen LogP contribution is -2.38. The van der Waals surface area contributed by atoms with Gasteiger partial charge in [-0.15, -0.1) is 10.2 Å². The Balaban J connectivity index is 1.49. The first-order chi connectivity index (χ1) is 11.7. The molecule has 0 aliphatic carbocycles. The van der Waals surface area contributed by atoms with Crippen molar-refractivity contribution in [3.05, 3.63) is 42.2 Å². The summed E-state index contributed by atoms with van der Waals surface area (Å²) in [6.45, 7) is 3.06. The smallest absolute Gasteiger partial charge is 0.163 e. The zero-order valence-electron chi connectivity index (χ0n) is 13.8. The van der Waals surface area contributed by atoms with E-state index in [1.165, 1.54) is 0 Å². The van der Waals surface area contributed by atoms with E-state index in [0.29, 0.717) is 6.61 Å². The van der Waals surface area contributed by atoms with Crippen LogP contribution in [0, 0.1) is 0 Å². The third-order valence-corrected chi connectivity index (χ3v) is 4.34. The Kier molecular flexibility index (Phi) is 3.95. The van der Waals surface area contributed by atoms with Crippen LogP contribution >= 0.6 is 0 Å². The highest BCUT2D eigenvalue weighted by atomic mass is 16.5. The highest BCUT2D eigenvalue weighted by Gasteiger charge is 2.26. The van der Waals surface area contributed by atoms with Crippen molar-refractivity contribution < 1.29 is 13.9 Å². The average molecular weight is 328 g/mol. The highest BCUT2D eigenvalue weighted by Crippen LogP contribution is 2.26. The maximum atomic E-state index is 5.95. The summed E-state index contributed by atoms with van der Waals surface area (Å²) in [5, 5.41) is 9.15. The summed E-state index contributed by atoms with van der Waals surface area (Å²) in [6, 6.07) is 7.92. The van der Waals surface area contributed by atoms with Gasteiger partial charge in [0.25, 0.3) is 0 Å². The van der Waals surface area contributed by atoms with Crippen LogP contribution in [-0.2, 0) is 18.3 Å². The maximum absolute atomic E-state index is 5.95. The van der Waals surface area contributed by atoms with Crippen molar-refractivity contribution in [1.29, 1.82) is 0 Å². The molecule has 0 bridgehead atoms. The van der Waals surface area contributed by atoms with Crippen LogP contribution in [0.2, 0.25) is 0 Å². The molecule has 126 valence electrons. The molecule has 3 aromatic rings. The van der Waals surface area contributed by atoms with E-state index < -0.39 is 0 Å². The molecule has 1 unspecified atom stereocenters. The van der Waals surface area contributed by atoms with Crippen LogP contribution in [0.1, 0.15) is 17.7 Å². The molecule has 0 N–H and O–H groups in total. The number of fused-ring (bicyclic) bond motifs is 1. The number of morpholine rings is 1. The second-order valence-electron chi connectivity index (χ2n) is 6.01. The van der Waals surface area contributed by atoms with Crippen LogP contribution in [0.3, 0.4) is 0 Å². The minimum Gasteiger partial charge on any atom is -0.497 e. The molecule has 2 aromatic heterocycles. The topological polar surface area (TPSA) is 65.6 Å². The Morgan fingerprint density at radius 3 is 3.04 bits per heavy atom. The Hall–Kier alpha value is -2.38. The van der Waals surface area contributed by atoms with E-state index in [1.807, 2.05) is 29.8 Å². The Labute approximate surface area is 139 Å². The number of furan rings is 1. The summed E-state index contributed by atoms with van der Waals surface area (Å²) in [5.41, 5.74) is 0.879. The van der Waals surface area contributed by atoms with Crippen molar-refractivity contribution in [2.45, 2.75) is 12.6 Å². The van der Waals surface area contributed by atoms with Crippen LogP contribution in [0.15, 0.2) is 35.0 Å². The fraction of sp³-hybridized carbons (Fsp3) is 0.412. The Bertz CT molecular complexity index is 841. The van der Waals surface area contributed by atoms with Gasteiger partial charge in [-0.1, -0.05) is 0 Å². The molecule has 4 rings (SSSR count). The number of aryl methyl sites for hydroxylation is 1. The molecule has 1 saturated heterocycles. The summed E-state index contributed by atoms with van der Waals surface area (Å²) >= 11 is 0. The molecule has 1 aromatic carbocycles. The number of ether oxygens (including phenoxy) is 2. The standard InChI is InChI=1S/C17H20N4O3/c1-20-11-18-19-17(20)16-10-21(5-6-23-16)9-14-8-12-7-13(22-2)3-4-15(12)24-14/h3-4,7-8,11,16H,5-6,9-10H2,1-2H3. The van der Waals surface area contributed by atoms with Crippen LogP contribution in [0.25, 0.3) is 11.0 Å². The largest absolute Gasteiger partial charge is 0.497 e. The first kappa shape index (κ1) is 15.2. The van der Waals surface area contributed by atoms with Gasteiger partial charge in [0, 0.05) is 25.5 Å². The van der Waals surface area contributed by atoms with Crippen LogP contribution in [-0.4, -0.2) is 46.5 Å². The zero-order valence-corrected chi connectivity index (χ0v) is 13.8. The van der Waals surface area contributed by atoms with E-state index in [9.17, 15) is 0 Å². The minimum absolute atomic E-state index is 0.0595. The van der Waals surface area contributed by atoms with E-state index in [4.69, 9.17) is 13.9 Å². The van der Waals surface area contributed by atoms with Gasteiger partial charge in [-0.05, 0) is 24.3 Å². The quantitative estimate of drug-likeness (QED) is 0.731. The average Bonchev–Trinajstić information content (AvgIpc) is 3.19. The number of hydrogen-bond acceptors (Lipinski definition) is 6.